The first-order valence-electron chi connectivity index (χ1n) is 10.4. The number of thioether (sulfide) groups is 1. The molecule has 1 N–H and O–H groups in total. The van der Waals surface area contributed by atoms with E-state index in [1.165, 1.54) is 30.0 Å². The number of rotatable bonds is 11. The molecule has 10 nitrogen and oxygen atoms in total. The van der Waals surface area contributed by atoms with Crippen LogP contribution in [0.1, 0.15) is 25.8 Å². The molecule has 2 aromatic carbocycles. The summed E-state index contributed by atoms with van der Waals surface area (Å²) in [6, 6.07) is 13.0. The summed E-state index contributed by atoms with van der Waals surface area (Å²) >= 11 is 1.22. The Bertz CT molecular complexity index is 1180. The molecule has 0 fully saturated rings. The van der Waals surface area contributed by atoms with E-state index in [9.17, 15) is 14.9 Å². The molecule has 34 heavy (non-hydrogen) atoms. The van der Waals surface area contributed by atoms with Gasteiger partial charge >= 0.3 is 0 Å². The average molecular weight is 484 g/mol. The van der Waals surface area contributed by atoms with Gasteiger partial charge in [0, 0.05) is 30.4 Å². The molecular formula is C23H25N5O5S. The minimum absolute atomic E-state index is 0.0986. The van der Waals surface area contributed by atoms with Crippen molar-refractivity contribution in [3.8, 4) is 11.5 Å². The Kier molecular flexibility index (Phi) is 8.25. The fourth-order valence-corrected chi connectivity index (χ4v) is 3.94. The van der Waals surface area contributed by atoms with Gasteiger partial charge in [0.05, 0.1) is 17.3 Å². The van der Waals surface area contributed by atoms with Crippen molar-refractivity contribution in [2.24, 2.45) is 0 Å². The van der Waals surface area contributed by atoms with Crippen molar-refractivity contribution in [3.63, 3.8) is 0 Å². The highest BCUT2D eigenvalue weighted by Crippen LogP contribution is 2.29. The summed E-state index contributed by atoms with van der Waals surface area (Å²) < 4.78 is 13.1. The van der Waals surface area contributed by atoms with E-state index in [1.807, 2.05) is 29.7 Å². The van der Waals surface area contributed by atoms with E-state index in [2.05, 4.69) is 22.1 Å². The van der Waals surface area contributed by atoms with Crippen LogP contribution in [0, 0.1) is 10.1 Å². The molecule has 2 unspecified atom stereocenters. The zero-order chi connectivity index (χ0) is 24.7. The summed E-state index contributed by atoms with van der Waals surface area (Å²) in [4.78, 5) is 23.1. The molecular weight excluding hydrogens is 458 g/mol. The number of anilines is 1. The maximum Gasteiger partial charge on any atom is 0.271 e. The lowest BCUT2D eigenvalue weighted by Gasteiger charge is -2.17. The predicted octanol–water partition coefficient (Wildman–Crippen LogP) is 4.64. The number of aromatic nitrogens is 3. The third-order valence-electron chi connectivity index (χ3n) is 4.75. The van der Waals surface area contributed by atoms with E-state index in [1.54, 1.807) is 32.2 Å². The number of carbonyl (C=O) groups is 1. The molecule has 0 saturated heterocycles. The number of nitrogens with zero attached hydrogens (tertiary/aromatic N) is 4. The SMILES string of the molecule is C=CCn1c(SC(C)C(=O)Nc2cccc([N+](=O)[O-])c2)nnc1C(C)Oc1cccc(OC)c1. The third-order valence-corrected chi connectivity index (χ3v) is 5.83. The van der Waals surface area contributed by atoms with Gasteiger partial charge in [-0.1, -0.05) is 30.0 Å². The summed E-state index contributed by atoms with van der Waals surface area (Å²) in [5.41, 5.74) is 0.249. The Labute approximate surface area is 201 Å². The number of nitro benzene ring substituents is 1. The lowest BCUT2D eigenvalue weighted by atomic mass is 10.2. The number of allylic oxidation sites excluding steroid dienone is 1. The molecule has 0 spiro atoms. The number of carbonyl (C=O) groups excluding carboxylic acids is 1. The maximum atomic E-state index is 12.7. The molecule has 0 radical (unpaired) electrons. The molecule has 0 aliphatic carbocycles. The van der Waals surface area contributed by atoms with Crippen molar-refractivity contribution >= 4 is 29.0 Å². The van der Waals surface area contributed by atoms with Crippen molar-refractivity contribution in [1.82, 2.24) is 14.8 Å². The number of benzene rings is 2. The third kappa shape index (κ3) is 6.13. The van der Waals surface area contributed by atoms with Crippen LogP contribution in [-0.2, 0) is 11.3 Å². The topological polar surface area (TPSA) is 121 Å². The summed E-state index contributed by atoms with van der Waals surface area (Å²) in [5, 5.41) is 22.2. The predicted molar refractivity (Wildman–Crippen MR) is 129 cm³/mol. The minimum atomic E-state index is -0.547. The van der Waals surface area contributed by atoms with Gasteiger partial charge in [0.25, 0.3) is 5.69 Å². The fourth-order valence-electron chi connectivity index (χ4n) is 3.07. The highest BCUT2D eigenvalue weighted by atomic mass is 32.2. The van der Waals surface area contributed by atoms with E-state index < -0.39 is 16.3 Å². The summed E-state index contributed by atoms with van der Waals surface area (Å²) in [7, 11) is 1.59. The number of nitro groups is 1. The van der Waals surface area contributed by atoms with Gasteiger partial charge in [0.15, 0.2) is 17.1 Å². The molecule has 0 saturated carbocycles. The van der Waals surface area contributed by atoms with Crippen LogP contribution in [0.15, 0.2) is 66.3 Å². The van der Waals surface area contributed by atoms with Crippen LogP contribution in [0.3, 0.4) is 0 Å². The van der Waals surface area contributed by atoms with Crippen LogP contribution in [-0.4, -0.2) is 38.0 Å². The highest BCUT2D eigenvalue weighted by molar-refractivity contribution is 8.00. The molecule has 1 heterocycles. The Hall–Kier alpha value is -3.86. The van der Waals surface area contributed by atoms with Crippen molar-refractivity contribution < 1.29 is 19.2 Å². The Morgan fingerprint density at radius 3 is 2.68 bits per heavy atom. The van der Waals surface area contributed by atoms with Gasteiger partial charge in [-0.15, -0.1) is 16.8 Å². The zero-order valence-corrected chi connectivity index (χ0v) is 19.8. The van der Waals surface area contributed by atoms with Gasteiger partial charge in [-0.25, -0.2) is 0 Å². The average Bonchev–Trinajstić information content (AvgIpc) is 3.21. The van der Waals surface area contributed by atoms with E-state index in [0.717, 1.165) is 0 Å². The van der Waals surface area contributed by atoms with Crippen LogP contribution in [0.5, 0.6) is 11.5 Å². The summed E-state index contributed by atoms with van der Waals surface area (Å²) in [6.07, 6.45) is 1.28. The van der Waals surface area contributed by atoms with E-state index >= 15 is 0 Å². The number of hydrogen-bond acceptors (Lipinski definition) is 8. The van der Waals surface area contributed by atoms with Crippen LogP contribution in [0.4, 0.5) is 11.4 Å². The first-order chi connectivity index (χ1) is 16.3. The Morgan fingerprint density at radius 2 is 1.97 bits per heavy atom. The van der Waals surface area contributed by atoms with Gasteiger partial charge in [-0.2, -0.15) is 0 Å². The summed E-state index contributed by atoms with van der Waals surface area (Å²) in [6.45, 7) is 7.80. The second kappa shape index (κ2) is 11.3. The number of hydrogen-bond donors (Lipinski definition) is 1. The number of non-ortho nitro benzene ring substituents is 1. The van der Waals surface area contributed by atoms with E-state index in [4.69, 9.17) is 9.47 Å². The van der Waals surface area contributed by atoms with Gasteiger partial charge < -0.3 is 14.8 Å². The maximum absolute atomic E-state index is 12.7. The van der Waals surface area contributed by atoms with E-state index in [0.29, 0.717) is 34.7 Å². The molecule has 3 rings (SSSR count). The van der Waals surface area contributed by atoms with Crippen molar-refractivity contribution in [2.45, 2.75) is 36.9 Å². The monoisotopic (exact) mass is 483 g/mol. The molecule has 0 aliphatic heterocycles. The quantitative estimate of drug-likeness (QED) is 0.181. The molecule has 2 atom stereocenters. The number of ether oxygens (including phenoxy) is 2. The molecule has 1 aromatic heterocycles. The molecule has 0 bridgehead atoms. The van der Waals surface area contributed by atoms with Gasteiger partial charge in [-0.3, -0.25) is 19.5 Å². The fraction of sp³-hybridized carbons (Fsp3) is 0.261. The molecule has 3 aromatic rings. The van der Waals surface area contributed by atoms with Crippen LogP contribution in [0.25, 0.3) is 0 Å². The van der Waals surface area contributed by atoms with Gasteiger partial charge in [-0.05, 0) is 32.0 Å². The van der Waals surface area contributed by atoms with Gasteiger partial charge in [0.1, 0.15) is 11.5 Å². The molecule has 178 valence electrons. The van der Waals surface area contributed by atoms with Crippen LogP contribution < -0.4 is 14.8 Å². The van der Waals surface area contributed by atoms with Crippen LogP contribution in [0.2, 0.25) is 0 Å². The minimum Gasteiger partial charge on any atom is -0.497 e. The zero-order valence-electron chi connectivity index (χ0n) is 19.0. The number of nitrogens with one attached hydrogen (secondary N) is 1. The second-order valence-corrected chi connectivity index (χ2v) is 8.54. The van der Waals surface area contributed by atoms with Crippen molar-refractivity contribution in [3.05, 3.63) is 77.1 Å². The van der Waals surface area contributed by atoms with Gasteiger partial charge in [0.2, 0.25) is 5.91 Å². The first-order valence-corrected chi connectivity index (χ1v) is 11.3. The number of methoxy groups -OCH3 is 1. The second-order valence-electron chi connectivity index (χ2n) is 7.24. The van der Waals surface area contributed by atoms with E-state index in [-0.39, 0.29) is 11.6 Å². The van der Waals surface area contributed by atoms with Crippen molar-refractivity contribution in [1.29, 1.82) is 0 Å². The van der Waals surface area contributed by atoms with Crippen molar-refractivity contribution in [2.75, 3.05) is 12.4 Å². The number of amides is 1. The standard InChI is InChI=1S/C23H25N5O5S/c1-5-12-27-21(15(2)33-20-11-7-10-19(14-20)32-4)25-26-23(27)34-16(3)22(29)24-17-8-6-9-18(13-17)28(30)31/h5-11,13-16H,1,12H2,2-4H3,(H,24,29). The molecule has 0 aliphatic rings. The lowest BCUT2D eigenvalue weighted by Crippen LogP contribution is -2.23. The largest absolute Gasteiger partial charge is 0.497 e. The normalized spacial score (nSPS) is 12.4. The lowest BCUT2D eigenvalue weighted by molar-refractivity contribution is -0.384. The molecule has 11 heteroatoms. The first kappa shape index (κ1) is 24.8. The Morgan fingerprint density at radius 1 is 1.24 bits per heavy atom. The van der Waals surface area contributed by atoms with Crippen LogP contribution >= 0.6 is 11.8 Å². The highest BCUT2D eigenvalue weighted by Gasteiger charge is 2.23. The smallest absolute Gasteiger partial charge is 0.271 e. The molecule has 1 amide bonds. The Balaban J connectivity index is 1.72. The summed E-state index contributed by atoms with van der Waals surface area (Å²) in [5.74, 6) is 1.56.